The molecule has 0 saturated heterocycles. The van der Waals surface area contributed by atoms with Crippen molar-refractivity contribution >= 4 is 53.2 Å². The fourth-order valence-corrected chi connectivity index (χ4v) is 12.7. The van der Waals surface area contributed by atoms with Gasteiger partial charge in [-0.1, -0.05) is 0 Å². The van der Waals surface area contributed by atoms with Crippen LogP contribution < -0.4 is 3.07 Å². The maximum atomic E-state index is 6.07. The van der Waals surface area contributed by atoms with Crippen LogP contribution in [0.3, 0.4) is 0 Å². The first kappa shape index (κ1) is 10.7. The summed E-state index contributed by atoms with van der Waals surface area (Å²) in [5, 5.41) is 0. The van der Waals surface area contributed by atoms with Crippen molar-refractivity contribution in [3.8, 4) is 0 Å². The molecule has 0 aliphatic rings. The molecule has 0 saturated carbocycles. The van der Waals surface area contributed by atoms with Crippen LogP contribution in [0, 0.1) is 0 Å². The Labute approximate surface area is 106 Å². The second-order valence-corrected chi connectivity index (χ2v) is 28.7. The third-order valence-electron chi connectivity index (χ3n) is 1.25. The number of hydrogen-bond acceptors (Lipinski definition) is 0. The van der Waals surface area contributed by atoms with Crippen molar-refractivity contribution in [1.82, 2.24) is 0 Å². The second-order valence-electron chi connectivity index (χ2n) is 2.28. The summed E-state index contributed by atoms with van der Waals surface area (Å²) in [6.45, 7) is 0. The fourth-order valence-electron chi connectivity index (χ4n) is 0.827. The standard InChI is InChI=1S/C6H5.CBrClI.Hg/c1-2-4-6-5-3-1;2-1(3)4;/h1-5H;;. The van der Waals surface area contributed by atoms with Crippen LogP contribution in [-0.4, -0.2) is -0.701 Å². The summed E-state index contributed by atoms with van der Waals surface area (Å²) in [5.74, 6) is 0. The van der Waals surface area contributed by atoms with Crippen molar-refractivity contribution in [3.05, 3.63) is 30.3 Å². The van der Waals surface area contributed by atoms with E-state index in [9.17, 15) is 0 Å². The van der Waals surface area contributed by atoms with Crippen LogP contribution in [0.2, 0.25) is 0 Å². The molecule has 0 N–H and O–H groups in total. The third kappa shape index (κ3) is 5.06. The maximum absolute atomic E-state index is 6.07. The molecule has 0 spiro atoms. The Bertz CT molecular complexity index is 222. The summed E-state index contributed by atoms with van der Waals surface area (Å²) in [6, 6.07) is 10.5. The van der Waals surface area contributed by atoms with Crippen molar-refractivity contribution in [1.29, 1.82) is 0 Å². The van der Waals surface area contributed by atoms with E-state index in [1.807, 2.05) is 6.07 Å². The van der Waals surface area contributed by atoms with Crippen LogP contribution in [0.15, 0.2) is 30.3 Å². The quantitative estimate of drug-likeness (QED) is 0.313. The van der Waals surface area contributed by atoms with Crippen LogP contribution >= 0.6 is 50.1 Å². The molecule has 0 aromatic heterocycles. The SMILES string of the molecule is Cl[C](Br)(I)[Hg][c]1ccccc1. The molecule has 0 heterocycles. The zero-order valence-electron chi connectivity index (χ0n) is 5.73. The molecule has 1 aromatic carbocycles. The van der Waals surface area contributed by atoms with Crippen molar-refractivity contribution in [2.24, 2.45) is 0 Å². The first-order valence-corrected chi connectivity index (χ1v) is 10.9. The molecule has 1 aromatic rings. The molecule has 0 aliphatic carbocycles. The van der Waals surface area contributed by atoms with Crippen molar-refractivity contribution in [2.75, 3.05) is 0 Å². The van der Waals surface area contributed by atoms with Gasteiger partial charge in [-0.25, -0.2) is 0 Å². The van der Waals surface area contributed by atoms with Gasteiger partial charge in [0.15, 0.2) is 0 Å². The fraction of sp³-hybridized carbons (Fsp3) is 0.143. The van der Waals surface area contributed by atoms with E-state index < -0.39 is 24.6 Å². The molecular formula is C7H5BrClHgI. The molecule has 0 aliphatic heterocycles. The summed E-state index contributed by atoms with van der Waals surface area (Å²) >= 11 is 10.7. The predicted octanol–water partition coefficient (Wildman–Crippen LogP) is 3.07. The Hall–Kier alpha value is 1.66. The normalized spacial score (nSPS) is 15.2. The zero-order valence-corrected chi connectivity index (χ0v) is 15.7. The van der Waals surface area contributed by atoms with Gasteiger partial charge in [-0.2, -0.15) is 0 Å². The van der Waals surface area contributed by atoms with Crippen molar-refractivity contribution in [2.45, 2.75) is -0.701 Å². The van der Waals surface area contributed by atoms with Crippen molar-refractivity contribution < 1.29 is 24.6 Å². The van der Waals surface area contributed by atoms with E-state index in [1.54, 1.807) is 0 Å². The molecule has 0 amide bonds. The van der Waals surface area contributed by atoms with Crippen LogP contribution in [-0.2, 0) is 24.6 Å². The minimum absolute atomic E-state index is 0.119. The molecule has 1 rings (SSSR count). The van der Waals surface area contributed by atoms with Gasteiger partial charge >= 0.3 is 107 Å². The molecule has 0 bridgehead atoms. The van der Waals surface area contributed by atoms with Gasteiger partial charge in [0.2, 0.25) is 0 Å². The van der Waals surface area contributed by atoms with Gasteiger partial charge in [0.25, 0.3) is 0 Å². The first-order chi connectivity index (χ1) is 5.08. The summed E-state index contributed by atoms with van der Waals surface area (Å²) in [4.78, 5) is 0. The number of halogens is 3. The summed E-state index contributed by atoms with van der Waals surface area (Å²) < 4.78 is 1.35. The van der Waals surface area contributed by atoms with Gasteiger partial charge in [0.05, 0.1) is 0 Å². The molecular weight excluding hydrogens is 527 g/mol. The van der Waals surface area contributed by atoms with E-state index in [1.165, 1.54) is 3.07 Å². The van der Waals surface area contributed by atoms with Gasteiger partial charge in [-0.05, 0) is 0 Å². The second kappa shape index (κ2) is 4.77. The Morgan fingerprint density at radius 3 is 2.36 bits per heavy atom. The average Bonchev–Trinajstić information content (AvgIpc) is 1.85. The molecule has 56 valence electrons. The Morgan fingerprint density at radius 2 is 1.91 bits per heavy atom. The zero-order chi connectivity index (χ0) is 8.32. The minimum atomic E-state index is -1.14. The summed E-state index contributed by atoms with van der Waals surface area (Å²) in [6.07, 6.45) is 0. The van der Waals surface area contributed by atoms with E-state index >= 15 is 0 Å². The molecule has 1 unspecified atom stereocenters. The Kier molecular flexibility index (Phi) is 4.65. The van der Waals surface area contributed by atoms with E-state index in [0.29, 0.717) is 0 Å². The Morgan fingerprint density at radius 1 is 1.36 bits per heavy atom. The molecule has 0 radical (unpaired) electrons. The van der Waals surface area contributed by atoms with Crippen LogP contribution in [0.5, 0.6) is 0 Å². The summed E-state index contributed by atoms with van der Waals surface area (Å²) in [5.41, 5.74) is 0. The molecule has 0 fully saturated rings. The number of hydrogen-bond donors (Lipinski definition) is 0. The third-order valence-corrected chi connectivity index (χ3v) is 13.2. The van der Waals surface area contributed by atoms with Gasteiger partial charge in [0.1, 0.15) is 0 Å². The van der Waals surface area contributed by atoms with E-state index in [0.717, 1.165) is 0 Å². The summed E-state index contributed by atoms with van der Waals surface area (Å²) in [7, 11) is 0. The van der Waals surface area contributed by atoms with Crippen LogP contribution in [0.4, 0.5) is 0 Å². The van der Waals surface area contributed by atoms with E-state index in [2.05, 4.69) is 62.8 Å². The molecule has 4 heteroatoms. The Balaban J connectivity index is 2.66. The van der Waals surface area contributed by atoms with Crippen LogP contribution in [0.25, 0.3) is 0 Å². The molecule has 0 nitrogen and oxygen atoms in total. The number of benzene rings is 1. The van der Waals surface area contributed by atoms with Gasteiger partial charge in [-0.15, -0.1) is 0 Å². The monoisotopic (exact) mass is 532 g/mol. The predicted molar refractivity (Wildman–Crippen MR) is 57.6 cm³/mol. The van der Waals surface area contributed by atoms with Crippen LogP contribution in [0.1, 0.15) is 0 Å². The topological polar surface area (TPSA) is 0 Å². The number of alkyl halides is 3. The number of rotatable bonds is 2. The van der Waals surface area contributed by atoms with Crippen molar-refractivity contribution in [3.63, 3.8) is 0 Å². The first-order valence-electron chi connectivity index (χ1n) is 3.18. The van der Waals surface area contributed by atoms with E-state index in [4.69, 9.17) is 11.6 Å². The van der Waals surface area contributed by atoms with Gasteiger partial charge < -0.3 is 0 Å². The van der Waals surface area contributed by atoms with E-state index in [-0.39, 0.29) is -0.701 Å². The van der Waals surface area contributed by atoms with Gasteiger partial charge in [0, 0.05) is 0 Å². The van der Waals surface area contributed by atoms with Gasteiger partial charge in [-0.3, -0.25) is 0 Å². The molecule has 11 heavy (non-hydrogen) atoms. The average molecular weight is 532 g/mol. The molecule has 1 atom stereocenters.